The van der Waals surface area contributed by atoms with Crippen LogP contribution in [0, 0.1) is 0 Å². The second kappa shape index (κ2) is 9.53. The molecular weight excluding hydrogens is 342 g/mol. The average molecular weight is 369 g/mol. The molecule has 1 saturated heterocycles. The Morgan fingerprint density at radius 1 is 1.07 bits per heavy atom. The average Bonchev–Trinajstić information content (AvgIpc) is 2.72. The first-order valence-corrected chi connectivity index (χ1v) is 9.47. The zero-order chi connectivity index (χ0) is 19.1. The Balaban J connectivity index is 1.69. The molecule has 1 heterocycles. The van der Waals surface area contributed by atoms with Gasteiger partial charge in [0.1, 0.15) is 5.75 Å². The predicted molar refractivity (Wildman–Crippen MR) is 105 cm³/mol. The molecule has 1 N–H and O–H groups in total. The van der Waals surface area contributed by atoms with Gasteiger partial charge in [-0.25, -0.2) is 0 Å². The lowest BCUT2D eigenvalue weighted by molar-refractivity contribution is 0.0546. The molecule has 2 aromatic carbocycles. The highest BCUT2D eigenvalue weighted by molar-refractivity contribution is 5.94. The lowest BCUT2D eigenvalue weighted by Gasteiger charge is -2.29. The maximum absolute atomic E-state index is 12.6. The number of piperidine rings is 1. The monoisotopic (exact) mass is 369 g/mol. The lowest BCUT2D eigenvalue weighted by Crippen LogP contribution is -2.40. The number of para-hydroxylation sites is 1. The first-order valence-electron chi connectivity index (χ1n) is 9.47. The summed E-state index contributed by atoms with van der Waals surface area (Å²) >= 11 is 0. The number of nitrogens with zero attached hydrogens (tertiary/aromatic N) is 1. The Hall–Kier alpha value is -2.37. The molecular formula is C22H27NO4. The largest absolute Gasteiger partial charge is 0.493 e. The van der Waals surface area contributed by atoms with Crippen LogP contribution in [-0.2, 0) is 4.74 Å². The summed E-state index contributed by atoms with van der Waals surface area (Å²) in [6, 6.07) is 15.6. The van der Waals surface area contributed by atoms with E-state index in [9.17, 15) is 9.90 Å². The number of carbonyl (C=O) groups is 1. The van der Waals surface area contributed by atoms with E-state index in [2.05, 4.69) is 0 Å². The Kier molecular flexibility index (Phi) is 6.85. The number of hydrogen-bond donors (Lipinski definition) is 1. The van der Waals surface area contributed by atoms with Gasteiger partial charge in [0.15, 0.2) is 0 Å². The molecule has 3 rings (SSSR count). The molecule has 2 aromatic rings. The van der Waals surface area contributed by atoms with E-state index in [0.717, 1.165) is 23.3 Å². The summed E-state index contributed by atoms with van der Waals surface area (Å²) in [5.41, 5.74) is 2.70. The molecule has 0 unspecified atom stereocenters. The number of aliphatic hydroxyl groups is 1. The normalized spacial score (nSPS) is 15.0. The molecule has 0 atom stereocenters. The fraction of sp³-hybridized carbons (Fsp3) is 0.409. The summed E-state index contributed by atoms with van der Waals surface area (Å²) < 4.78 is 11.0. The Labute approximate surface area is 160 Å². The molecule has 1 amide bonds. The van der Waals surface area contributed by atoms with Crippen LogP contribution in [-0.4, -0.2) is 55.4 Å². The number of rotatable bonds is 7. The smallest absolute Gasteiger partial charge is 0.253 e. The molecule has 1 aliphatic heterocycles. The van der Waals surface area contributed by atoms with Gasteiger partial charge in [-0.15, -0.1) is 0 Å². The number of ether oxygens (including phenoxy) is 2. The van der Waals surface area contributed by atoms with Crippen molar-refractivity contribution in [2.24, 2.45) is 0 Å². The van der Waals surface area contributed by atoms with E-state index in [1.807, 2.05) is 53.4 Å². The number of methoxy groups -OCH3 is 1. The quantitative estimate of drug-likeness (QED) is 0.761. The summed E-state index contributed by atoms with van der Waals surface area (Å²) in [6.07, 6.45) is 1.86. The van der Waals surface area contributed by atoms with Crippen molar-refractivity contribution >= 4 is 5.91 Å². The van der Waals surface area contributed by atoms with Crippen molar-refractivity contribution in [3.05, 3.63) is 54.1 Å². The van der Waals surface area contributed by atoms with Crippen LogP contribution < -0.4 is 4.74 Å². The van der Waals surface area contributed by atoms with Crippen molar-refractivity contribution in [2.75, 3.05) is 33.4 Å². The highest BCUT2D eigenvalue weighted by atomic mass is 16.5. The van der Waals surface area contributed by atoms with E-state index in [0.29, 0.717) is 44.7 Å². The van der Waals surface area contributed by atoms with E-state index < -0.39 is 0 Å². The van der Waals surface area contributed by atoms with Crippen molar-refractivity contribution < 1.29 is 19.4 Å². The van der Waals surface area contributed by atoms with Crippen molar-refractivity contribution in [1.29, 1.82) is 0 Å². The van der Waals surface area contributed by atoms with Gasteiger partial charge in [-0.3, -0.25) is 4.79 Å². The summed E-state index contributed by atoms with van der Waals surface area (Å²) in [4.78, 5) is 14.4. The molecule has 0 radical (unpaired) electrons. The number of hydrogen-bond acceptors (Lipinski definition) is 4. The number of amides is 1. The molecule has 144 valence electrons. The zero-order valence-corrected chi connectivity index (χ0v) is 15.8. The highest BCUT2D eigenvalue weighted by Crippen LogP contribution is 2.30. The summed E-state index contributed by atoms with van der Waals surface area (Å²) in [5, 5.41) is 9.60. The van der Waals surface area contributed by atoms with Crippen molar-refractivity contribution in [2.45, 2.75) is 25.4 Å². The maximum Gasteiger partial charge on any atom is 0.253 e. The lowest BCUT2D eigenvalue weighted by atomic mass is 10.0. The van der Waals surface area contributed by atoms with Gasteiger partial charge in [0.2, 0.25) is 0 Å². The van der Waals surface area contributed by atoms with E-state index in [1.165, 1.54) is 0 Å². The minimum atomic E-state index is -0.281. The summed E-state index contributed by atoms with van der Waals surface area (Å²) in [7, 11) is 1.68. The Bertz CT molecular complexity index is 736. The predicted octanol–water partition coefficient (Wildman–Crippen LogP) is 3.37. The van der Waals surface area contributed by atoms with Gasteiger partial charge in [0, 0.05) is 44.4 Å². The maximum atomic E-state index is 12.6. The molecule has 0 bridgehead atoms. The molecule has 0 aromatic heterocycles. The second-order valence-corrected chi connectivity index (χ2v) is 6.79. The first-order chi connectivity index (χ1) is 13.2. The highest BCUT2D eigenvalue weighted by Gasteiger charge is 2.22. The van der Waals surface area contributed by atoms with E-state index in [1.54, 1.807) is 7.11 Å². The minimum Gasteiger partial charge on any atom is -0.493 e. The molecule has 0 aliphatic carbocycles. The fourth-order valence-electron chi connectivity index (χ4n) is 3.26. The van der Waals surface area contributed by atoms with Crippen LogP contribution in [0.5, 0.6) is 5.75 Å². The molecule has 1 fully saturated rings. The first kappa shape index (κ1) is 19.4. The fourth-order valence-corrected chi connectivity index (χ4v) is 3.26. The number of carbonyl (C=O) groups excluding carboxylic acids is 1. The van der Waals surface area contributed by atoms with E-state index in [-0.39, 0.29) is 12.0 Å². The molecule has 5 heteroatoms. The number of aliphatic hydroxyl groups excluding tert-OH is 1. The molecule has 0 spiro atoms. The third kappa shape index (κ3) is 5.08. The van der Waals surface area contributed by atoms with E-state index in [4.69, 9.17) is 9.47 Å². The van der Waals surface area contributed by atoms with Crippen LogP contribution in [0.25, 0.3) is 11.1 Å². The standard InChI is InChI=1S/C22H27NO4/c1-26-15-4-16-27-21-6-3-2-5-20(21)17-7-9-18(10-8-17)22(25)23-13-11-19(24)12-14-23/h2-3,5-10,19,24H,4,11-16H2,1H3. The topological polar surface area (TPSA) is 59.0 Å². The van der Waals surface area contributed by atoms with Gasteiger partial charge in [-0.2, -0.15) is 0 Å². The third-order valence-electron chi connectivity index (χ3n) is 4.83. The number of likely N-dealkylation sites (tertiary alicyclic amines) is 1. The number of benzene rings is 2. The summed E-state index contributed by atoms with van der Waals surface area (Å²) in [5.74, 6) is 0.857. The Morgan fingerprint density at radius 2 is 1.78 bits per heavy atom. The molecule has 0 saturated carbocycles. The van der Waals surface area contributed by atoms with Crippen LogP contribution in [0.4, 0.5) is 0 Å². The minimum absolute atomic E-state index is 0.0255. The van der Waals surface area contributed by atoms with Crippen LogP contribution >= 0.6 is 0 Å². The van der Waals surface area contributed by atoms with Gasteiger partial charge >= 0.3 is 0 Å². The SMILES string of the molecule is COCCCOc1ccccc1-c1ccc(C(=O)N2CCC(O)CC2)cc1. The molecule has 27 heavy (non-hydrogen) atoms. The summed E-state index contributed by atoms with van der Waals surface area (Å²) in [6.45, 7) is 2.49. The van der Waals surface area contributed by atoms with Crippen molar-refractivity contribution in [3.63, 3.8) is 0 Å². The second-order valence-electron chi connectivity index (χ2n) is 6.79. The van der Waals surface area contributed by atoms with Gasteiger partial charge in [-0.1, -0.05) is 30.3 Å². The van der Waals surface area contributed by atoms with Crippen molar-refractivity contribution in [3.8, 4) is 16.9 Å². The van der Waals surface area contributed by atoms with Gasteiger partial charge < -0.3 is 19.5 Å². The zero-order valence-electron chi connectivity index (χ0n) is 15.8. The molecule has 1 aliphatic rings. The van der Waals surface area contributed by atoms with E-state index >= 15 is 0 Å². The molecule has 5 nitrogen and oxygen atoms in total. The van der Waals surface area contributed by atoms with Crippen LogP contribution in [0.3, 0.4) is 0 Å². The van der Waals surface area contributed by atoms with Crippen molar-refractivity contribution in [1.82, 2.24) is 4.90 Å². The van der Waals surface area contributed by atoms with Gasteiger partial charge in [0.25, 0.3) is 5.91 Å². The van der Waals surface area contributed by atoms with Crippen LogP contribution in [0.1, 0.15) is 29.6 Å². The van der Waals surface area contributed by atoms with Gasteiger partial charge in [-0.05, 0) is 36.6 Å². The third-order valence-corrected chi connectivity index (χ3v) is 4.83. The van der Waals surface area contributed by atoms with Crippen LogP contribution in [0.2, 0.25) is 0 Å². The Morgan fingerprint density at radius 3 is 2.48 bits per heavy atom. The van der Waals surface area contributed by atoms with Gasteiger partial charge in [0.05, 0.1) is 12.7 Å². The van der Waals surface area contributed by atoms with Crippen LogP contribution in [0.15, 0.2) is 48.5 Å².